The van der Waals surface area contributed by atoms with Crippen LogP contribution in [-0.4, -0.2) is 32.6 Å². The molecule has 0 bridgehead atoms. The van der Waals surface area contributed by atoms with Crippen LogP contribution in [0.2, 0.25) is 5.02 Å². The normalized spacial score (nSPS) is 10.7. The van der Waals surface area contributed by atoms with Crippen LogP contribution in [0.5, 0.6) is 0 Å². The molecule has 0 saturated heterocycles. The van der Waals surface area contributed by atoms with E-state index in [9.17, 15) is 4.79 Å². The maximum atomic E-state index is 12.9. The molecule has 6 heteroatoms. The Morgan fingerprint density at radius 3 is 2.76 bits per heavy atom. The minimum absolute atomic E-state index is 0.0704. The van der Waals surface area contributed by atoms with Crippen molar-refractivity contribution in [2.24, 2.45) is 0 Å². The lowest BCUT2D eigenvalue weighted by molar-refractivity contribution is 0.0784. The summed E-state index contributed by atoms with van der Waals surface area (Å²) in [5.41, 5.74) is 2.43. The number of pyridine rings is 1. The summed E-state index contributed by atoms with van der Waals surface area (Å²) >= 11 is 6.02. The van der Waals surface area contributed by atoms with E-state index in [4.69, 9.17) is 11.6 Å². The highest BCUT2D eigenvalue weighted by molar-refractivity contribution is 6.30. The van der Waals surface area contributed by atoms with Gasteiger partial charge >= 0.3 is 0 Å². The van der Waals surface area contributed by atoms with Crippen LogP contribution in [0.3, 0.4) is 0 Å². The van der Waals surface area contributed by atoms with E-state index in [2.05, 4.69) is 10.1 Å². The molecule has 1 amide bonds. The molecule has 0 saturated carbocycles. The van der Waals surface area contributed by atoms with Gasteiger partial charge in [0.15, 0.2) is 5.82 Å². The molecule has 128 valence electrons. The fraction of sp³-hybridized carbons (Fsp3) is 0.211. The predicted molar refractivity (Wildman–Crippen MR) is 98.0 cm³/mol. The number of hydrogen-bond donors (Lipinski definition) is 0. The van der Waals surface area contributed by atoms with Crippen LogP contribution in [0.15, 0.2) is 54.9 Å². The first-order chi connectivity index (χ1) is 12.1. The fourth-order valence-electron chi connectivity index (χ4n) is 2.76. The Morgan fingerprint density at radius 2 is 2.08 bits per heavy atom. The summed E-state index contributed by atoms with van der Waals surface area (Å²) in [6.07, 6.45) is 4.01. The zero-order chi connectivity index (χ0) is 17.8. The van der Waals surface area contributed by atoms with Gasteiger partial charge in [0.1, 0.15) is 0 Å². The molecule has 0 spiro atoms. The molecule has 0 fully saturated rings. The number of rotatable bonds is 5. The van der Waals surface area contributed by atoms with E-state index < -0.39 is 0 Å². The number of nitrogens with zero attached hydrogens (tertiary/aromatic N) is 4. The average Bonchev–Trinajstić information content (AvgIpc) is 3.05. The van der Waals surface area contributed by atoms with Crippen molar-refractivity contribution in [2.45, 2.75) is 19.9 Å². The molecule has 0 aliphatic heterocycles. The molecular weight excluding hydrogens is 336 g/mol. The van der Waals surface area contributed by atoms with Crippen molar-refractivity contribution < 1.29 is 4.79 Å². The third-order valence-corrected chi connectivity index (χ3v) is 4.19. The Bertz CT molecular complexity index is 876. The number of amides is 1. The Kier molecular flexibility index (Phi) is 5.14. The van der Waals surface area contributed by atoms with Gasteiger partial charge in [0.25, 0.3) is 5.91 Å². The smallest absolute Gasteiger partial charge is 0.257 e. The second-order valence-electron chi connectivity index (χ2n) is 5.75. The Hall–Kier alpha value is -2.66. The van der Waals surface area contributed by atoms with Gasteiger partial charge in [-0.2, -0.15) is 5.10 Å². The first-order valence-electron chi connectivity index (χ1n) is 8.08. The van der Waals surface area contributed by atoms with Gasteiger partial charge in [-0.1, -0.05) is 36.7 Å². The Labute approximate surface area is 151 Å². The standard InChI is InChI=1S/C19H19ClN4O/c1-3-17-16(12-22-24(17)18-9-4-5-10-21-18)19(25)23(2)13-14-7-6-8-15(20)11-14/h4-12H,3,13H2,1-2H3. The van der Waals surface area contributed by atoms with Gasteiger partial charge < -0.3 is 4.90 Å². The minimum Gasteiger partial charge on any atom is -0.337 e. The van der Waals surface area contributed by atoms with Crippen LogP contribution in [-0.2, 0) is 13.0 Å². The molecule has 0 N–H and O–H groups in total. The topological polar surface area (TPSA) is 51.0 Å². The molecule has 25 heavy (non-hydrogen) atoms. The predicted octanol–water partition coefficient (Wildman–Crippen LogP) is 3.76. The molecule has 1 aromatic carbocycles. The van der Waals surface area contributed by atoms with E-state index >= 15 is 0 Å². The summed E-state index contributed by atoms with van der Waals surface area (Å²) in [6, 6.07) is 13.1. The lowest BCUT2D eigenvalue weighted by Gasteiger charge is -2.17. The van der Waals surface area contributed by atoms with Gasteiger partial charge in [-0.3, -0.25) is 4.79 Å². The quantitative estimate of drug-likeness (QED) is 0.701. The summed E-state index contributed by atoms with van der Waals surface area (Å²) in [5, 5.41) is 5.03. The minimum atomic E-state index is -0.0704. The average molecular weight is 355 g/mol. The number of halogens is 1. The van der Waals surface area contributed by atoms with Gasteiger partial charge in [0, 0.05) is 24.8 Å². The number of carbonyl (C=O) groups is 1. The van der Waals surface area contributed by atoms with Crippen LogP contribution in [0.4, 0.5) is 0 Å². The fourth-order valence-corrected chi connectivity index (χ4v) is 2.97. The Balaban J connectivity index is 1.86. The van der Waals surface area contributed by atoms with Crippen LogP contribution in [0, 0.1) is 0 Å². The molecule has 0 unspecified atom stereocenters. The van der Waals surface area contributed by atoms with Crippen molar-refractivity contribution in [3.8, 4) is 5.82 Å². The molecule has 3 rings (SSSR count). The number of carbonyl (C=O) groups excluding carboxylic acids is 1. The number of benzene rings is 1. The highest BCUT2D eigenvalue weighted by atomic mass is 35.5. The molecule has 2 aromatic heterocycles. The van der Waals surface area contributed by atoms with Crippen molar-refractivity contribution in [3.05, 3.63) is 76.7 Å². The molecule has 0 aliphatic carbocycles. The number of aromatic nitrogens is 3. The highest BCUT2D eigenvalue weighted by Gasteiger charge is 2.20. The molecular formula is C19H19ClN4O. The van der Waals surface area contributed by atoms with Gasteiger partial charge in [-0.05, 0) is 36.2 Å². The molecule has 5 nitrogen and oxygen atoms in total. The van der Waals surface area contributed by atoms with E-state index in [0.29, 0.717) is 29.4 Å². The summed E-state index contributed by atoms with van der Waals surface area (Å²) < 4.78 is 1.72. The molecule has 0 aliphatic rings. The Morgan fingerprint density at radius 1 is 1.24 bits per heavy atom. The van der Waals surface area contributed by atoms with Crippen LogP contribution < -0.4 is 0 Å². The second kappa shape index (κ2) is 7.49. The summed E-state index contributed by atoms with van der Waals surface area (Å²) in [7, 11) is 1.78. The van der Waals surface area contributed by atoms with E-state index in [0.717, 1.165) is 11.3 Å². The first kappa shape index (κ1) is 17.2. The molecule has 3 aromatic rings. The summed E-state index contributed by atoms with van der Waals surface area (Å²) in [4.78, 5) is 18.9. The number of hydrogen-bond acceptors (Lipinski definition) is 3. The maximum Gasteiger partial charge on any atom is 0.257 e. The SMILES string of the molecule is CCc1c(C(=O)N(C)Cc2cccc(Cl)c2)cnn1-c1ccccn1. The largest absolute Gasteiger partial charge is 0.337 e. The second-order valence-corrected chi connectivity index (χ2v) is 6.19. The third-order valence-electron chi connectivity index (χ3n) is 3.96. The first-order valence-corrected chi connectivity index (χ1v) is 8.46. The van der Waals surface area contributed by atoms with Crippen LogP contribution in [0.1, 0.15) is 28.5 Å². The van der Waals surface area contributed by atoms with Crippen molar-refractivity contribution in [3.63, 3.8) is 0 Å². The maximum absolute atomic E-state index is 12.9. The van der Waals surface area contributed by atoms with Gasteiger partial charge in [-0.25, -0.2) is 9.67 Å². The van der Waals surface area contributed by atoms with E-state index in [-0.39, 0.29) is 5.91 Å². The summed E-state index contributed by atoms with van der Waals surface area (Å²) in [5.74, 6) is 0.634. The highest BCUT2D eigenvalue weighted by Crippen LogP contribution is 2.18. The van der Waals surface area contributed by atoms with E-state index in [1.165, 1.54) is 0 Å². The molecule has 0 radical (unpaired) electrons. The zero-order valence-corrected chi connectivity index (χ0v) is 14.9. The van der Waals surface area contributed by atoms with E-state index in [1.54, 1.807) is 29.0 Å². The van der Waals surface area contributed by atoms with Crippen molar-refractivity contribution >= 4 is 17.5 Å². The van der Waals surface area contributed by atoms with Crippen molar-refractivity contribution in [1.82, 2.24) is 19.7 Å². The van der Waals surface area contributed by atoms with Gasteiger partial charge in [0.05, 0.1) is 17.5 Å². The lowest BCUT2D eigenvalue weighted by atomic mass is 10.1. The van der Waals surface area contributed by atoms with Crippen molar-refractivity contribution in [2.75, 3.05) is 7.05 Å². The van der Waals surface area contributed by atoms with Crippen LogP contribution >= 0.6 is 11.6 Å². The van der Waals surface area contributed by atoms with Crippen molar-refractivity contribution in [1.29, 1.82) is 0 Å². The van der Waals surface area contributed by atoms with E-state index in [1.807, 2.05) is 49.4 Å². The molecule has 0 atom stereocenters. The monoisotopic (exact) mass is 354 g/mol. The summed E-state index contributed by atoms with van der Waals surface area (Å²) in [6.45, 7) is 2.49. The zero-order valence-electron chi connectivity index (χ0n) is 14.2. The lowest BCUT2D eigenvalue weighted by Crippen LogP contribution is -2.27. The molecule has 2 heterocycles. The van der Waals surface area contributed by atoms with Gasteiger partial charge in [-0.15, -0.1) is 0 Å². The third kappa shape index (κ3) is 3.72. The van der Waals surface area contributed by atoms with Gasteiger partial charge in [0.2, 0.25) is 0 Å². The van der Waals surface area contributed by atoms with Crippen LogP contribution in [0.25, 0.3) is 5.82 Å².